The zero-order chi connectivity index (χ0) is 17.2. The van der Waals surface area contributed by atoms with Crippen molar-refractivity contribution in [1.82, 2.24) is 4.31 Å². The van der Waals surface area contributed by atoms with Crippen molar-refractivity contribution in [2.45, 2.75) is 25.8 Å². The summed E-state index contributed by atoms with van der Waals surface area (Å²) in [5, 5.41) is 0. The Hall–Kier alpha value is -1.85. The molecule has 0 spiro atoms. The number of rotatable bonds is 5. The van der Waals surface area contributed by atoms with Crippen molar-refractivity contribution >= 4 is 10.0 Å². The third kappa shape index (κ3) is 3.19. The van der Waals surface area contributed by atoms with E-state index in [9.17, 15) is 8.42 Å². The summed E-state index contributed by atoms with van der Waals surface area (Å²) in [7, 11) is -1.68. The van der Waals surface area contributed by atoms with Gasteiger partial charge in [0.2, 0.25) is 10.0 Å². The van der Waals surface area contributed by atoms with Crippen LogP contribution in [-0.4, -0.2) is 32.1 Å². The number of ether oxygens (including phenoxy) is 1. The maximum absolute atomic E-state index is 12.8. The molecule has 0 radical (unpaired) electrons. The molecule has 4 nitrogen and oxygen atoms in total. The highest BCUT2D eigenvalue weighted by Crippen LogP contribution is 2.38. The zero-order valence-corrected chi connectivity index (χ0v) is 14.9. The Kier molecular flexibility index (Phi) is 4.92. The van der Waals surface area contributed by atoms with Crippen LogP contribution in [-0.2, 0) is 16.4 Å². The maximum atomic E-state index is 12.8. The van der Waals surface area contributed by atoms with E-state index in [1.165, 1.54) is 5.56 Å². The van der Waals surface area contributed by atoms with E-state index in [1.54, 1.807) is 11.4 Å². The van der Waals surface area contributed by atoms with Gasteiger partial charge in [-0.05, 0) is 41.7 Å². The summed E-state index contributed by atoms with van der Waals surface area (Å²) in [5.41, 5.74) is 3.23. The summed E-state index contributed by atoms with van der Waals surface area (Å²) in [6.45, 7) is 2.41. The lowest BCUT2D eigenvalue weighted by atomic mass is 9.90. The molecular weight excluding hydrogens is 322 g/mol. The van der Waals surface area contributed by atoms with Gasteiger partial charge in [0.1, 0.15) is 5.75 Å². The molecule has 0 N–H and O–H groups in total. The van der Waals surface area contributed by atoms with Crippen LogP contribution in [0.2, 0.25) is 0 Å². The van der Waals surface area contributed by atoms with Crippen LogP contribution in [0.15, 0.2) is 48.5 Å². The second kappa shape index (κ2) is 6.95. The summed E-state index contributed by atoms with van der Waals surface area (Å²) in [4.78, 5) is 0. The molecule has 0 amide bonds. The van der Waals surface area contributed by atoms with Crippen LogP contribution >= 0.6 is 0 Å². The molecule has 0 saturated carbocycles. The Morgan fingerprint density at radius 2 is 1.96 bits per heavy atom. The Labute approximate surface area is 144 Å². The topological polar surface area (TPSA) is 46.6 Å². The molecule has 1 atom stereocenters. The summed E-state index contributed by atoms with van der Waals surface area (Å²) >= 11 is 0. The van der Waals surface area contributed by atoms with Crippen LogP contribution in [0, 0.1) is 0 Å². The van der Waals surface area contributed by atoms with E-state index in [4.69, 9.17) is 4.74 Å². The lowest BCUT2D eigenvalue weighted by molar-refractivity contribution is 0.342. The normalized spacial score (nSPS) is 18.2. The van der Waals surface area contributed by atoms with Gasteiger partial charge in [-0.3, -0.25) is 0 Å². The fraction of sp³-hybridized carbons (Fsp3) is 0.368. The summed E-state index contributed by atoms with van der Waals surface area (Å²) in [6.07, 6.45) is 1.37. The van der Waals surface area contributed by atoms with Gasteiger partial charge < -0.3 is 4.74 Å². The van der Waals surface area contributed by atoms with E-state index in [0.29, 0.717) is 13.0 Å². The highest BCUT2D eigenvalue weighted by atomic mass is 32.2. The highest BCUT2D eigenvalue weighted by Gasteiger charge is 2.35. The Bertz CT molecular complexity index is 817. The van der Waals surface area contributed by atoms with Gasteiger partial charge >= 0.3 is 0 Å². The van der Waals surface area contributed by atoms with Crippen LogP contribution in [0.1, 0.15) is 36.1 Å². The van der Waals surface area contributed by atoms with E-state index in [0.717, 1.165) is 23.3 Å². The van der Waals surface area contributed by atoms with Gasteiger partial charge in [-0.15, -0.1) is 0 Å². The minimum atomic E-state index is -3.30. The lowest BCUT2D eigenvalue weighted by Crippen LogP contribution is -2.41. The minimum absolute atomic E-state index is 0.176. The third-order valence-corrected chi connectivity index (χ3v) is 6.50. The van der Waals surface area contributed by atoms with Crippen molar-refractivity contribution in [3.05, 3.63) is 65.2 Å². The second-order valence-electron chi connectivity index (χ2n) is 6.05. The first-order chi connectivity index (χ1) is 11.6. The van der Waals surface area contributed by atoms with Crippen molar-refractivity contribution in [1.29, 1.82) is 0 Å². The van der Waals surface area contributed by atoms with Gasteiger partial charge in [-0.2, -0.15) is 4.31 Å². The van der Waals surface area contributed by atoms with Gasteiger partial charge in [0.25, 0.3) is 0 Å². The molecule has 128 valence electrons. The molecule has 3 rings (SSSR count). The quantitative estimate of drug-likeness (QED) is 0.834. The molecule has 2 aromatic carbocycles. The van der Waals surface area contributed by atoms with Crippen molar-refractivity contribution in [3.8, 4) is 5.75 Å². The van der Waals surface area contributed by atoms with Gasteiger partial charge in [-0.1, -0.05) is 43.3 Å². The molecule has 0 aromatic heterocycles. The molecule has 2 aromatic rings. The van der Waals surface area contributed by atoms with E-state index in [2.05, 4.69) is 6.07 Å². The van der Waals surface area contributed by atoms with E-state index < -0.39 is 10.0 Å². The second-order valence-corrected chi connectivity index (χ2v) is 8.10. The molecule has 0 bridgehead atoms. The molecular formula is C19H23NO3S. The van der Waals surface area contributed by atoms with Crippen molar-refractivity contribution in [2.75, 3.05) is 19.4 Å². The molecule has 1 aliphatic rings. The first-order valence-corrected chi connectivity index (χ1v) is 9.89. The Balaban J connectivity index is 2.14. The highest BCUT2D eigenvalue weighted by molar-refractivity contribution is 7.89. The summed E-state index contributed by atoms with van der Waals surface area (Å²) in [5.74, 6) is 0.915. The molecule has 1 aliphatic heterocycles. The molecule has 0 fully saturated rings. The van der Waals surface area contributed by atoms with Crippen LogP contribution in [0.25, 0.3) is 0 Å². The third-order valence-electron chi connectivity index (χ3n) is 4.47. The van der Waals surface area contributed by atoms with Gasteiger partial charge in [0, 0.05) is 6.54 Å². The largest absolute Gasteiger partial charge is 0.497 e. The van der Waals surface area contributed by atoms with Crippen LogP contribution < -0.4 is 4.74 Å². The monoisotopic (exact) mass is 345 g/mol. The van der Waals surface area contributed by atoms with Gasteiger partial charge in [0.15, 0.2) is 0 Å². The van der Waals surface area contributed by atoms with Crippen LogP contribution in [0.5, 0.6) is 5.75 Å². The standard InChI is InChI=1S/C19H23NO3S/c1-3-13-24(21,22)20-12-11-15-7-4-5-10-18(15)19(20)16-8-6-9-17(14-16)23-2/h4-10,14,19H,3,11-13H2,1-2H3. The van der Waals surface area contributed by atoms with Crippen LogP contribution in [0.4, 0.5) is 0 Å². The van der Waals surface area contributed by atoms with Crippen molar-refractivity contribution < 1.29 is 13.2 Å². The van der Waals surface area contributed by atoms with E-state index >= 15 is 0 Å². The maximum Gasteiger partial charge on any atom is 0.214 e. The molecule has 0 aliphatic carbocycles. The zero-order valence-electron chi connectivity index (χ0n) is 14.1. The van der Waals surface area contributed by atoms with Gasteiger partial charge in [-0.25, -0.2) is 8.42 Å². The minimum Gasteiger partial charge on any atom is -0.497 e. The average Bonchev–Trinajstić information content (AvgIpc) is 2.60. The van der Waals surface area contributed by atoms with Crippen molar-refractivity contribution in [2.24, 2.45) is 0 Å². The summed E-state index contributed by atoms with van der Waals surface area (Å²) < 4.78 is 32.7. The number of hydrogen-bond acceptors (Lipinski definition) is 3. The first-order valence-electron chi connectivity index (χ1n) is 8.28. The summed E-state index contributed by atoms with van der Waals surface area (Å²) in [6, 6.07) is 15.5. The first kappa shape index (κ1) is 17.0. The molecule has 5 heteroatoms. The van der Waals surface area contributed by atoms with Gasteiger partial charge in [0.05, 0.1) is 18.9 Å². The molecule has 24 heavy (non-hydrogen) atoms. The SMILES string of the molecule is CCCS(=O)(=O)N1CCc2ccccc2C1c1cccc(OC)c1. The number of methoxy groups -OCH3 is 1. The number of fused-ring (bicyclic) bond motifs is 1. The fourth-order valence-corrected chi connectivity index (χ4v) is 5.05. The fourth-order valence-electron chi connectivity index (χ4n) is 3.38. The predicted octanol–water partition coefficient (Wildman–Crippen LogP) is 3.38. The molecule has 0 saturated heterocycles. The van der Waals surface area contributed by atoms with Crippen LogP contribution in [0.3, 0.4) is 0 Å². The smallest absolute Gasteiger partial charge is 0.214 e. The van der Waals surface area contributed by atoms with E-state index in [1.807, 2.05) is 49.4 Å². The molecule has 1 unspecified atom stereocenters. The predicted molar refractivity (Wildman–Crippen MR) is 95.8 cm³/mol. The van der Waals surface area contributed by atoms with Crippen molar-refractivity contribution in [3.63, 3.8) is 0 Å². The Morgan fingerprint density at radius 3 is 2.71 bits per heavy atom. The number of sulfonamides is 1. The lowest BCUT2D eigenvalue weighted by Gasteiger charge is -2.36. The number of hydrogen-bond donors (Lipinski definition) is 0. The molecule has 1 heterocycles. The van der Waals surface area contributed by atoms with E-state index in [-0.39, 0.29) is 11.8 Å². The Morgan fingerprint density at radius 1 is 1.17 bits per heavy atom. The number of benzene rings is 2. The average molecular weight is 345 g/mol. The number of nitrogens with zero attached hydrogens (tertiary/aromatic N) is 1.